The smallest absolute Gasteiger partial charge is 0.107 e. The Kier molecular flexibility index (Phi) is 23.7. The average molecular weight is 1460 g/mol. The molecule has 0 saturated carbocycles. The average Bonchev–Trinajstić information content (AvgIpc) is 1.61. The second kappa shape index (κ2) is 34.1. The van der Waals surface area contributed by atoms with Crippen molar-refractivity contribution in [3.63, 3.8) is 0 Å². The summed E-state index contributed by atoms with van der Waals surface area (Å²) in [5.74, 6) is 0.973. The molecule has 9 aromatic carbocycles. The van der Waals surface area contributed by atoms with E-state index in [2.05, 4.69) is 458 Å². The normalized spacial score (nSPS) is 16.2. The van der Waals surface area contributed by atoms with E-state index in [1.807, 2.05) is 18.6 Å². The Balaban J connectivity index is 0.000000131. The Hall–Kier alpha value is -12.2. The summed E-state index contributed by atoms with van der Waals surface area (Å²) in [6, 6.07) is 83.9. The van der Waals surface area contributed by atoms with Crippen molar-refractivity contribution in [1.82, 2.24) is 15.0 Å². The molecule has 0 N–H and O–H groups in total. The van der Waals surface area contributed by atoms with Crippen LogP contribution in [0.15, 0.2) is 305 Å². The number of hydrogen-bond acceptors (Lipinski definition) is 11. The Labute approximate surface area is 660 Å². The van der Waals surface area contributed by atoms with Gasteiger partial charge in [-0.25, -0.2) is 0 Å². The van der Waals surface area contributed by atoms with Gasteiger partial charge in [-0.3, -0.25) is 15.0 Å². The highest BCUT2D eigenvalue weighted by atomic mass is 15.4. The summed E-state index contributed by atoms with van der Waals surface area (Å²) < 4.78 is 0. The maximum Gasteiger partial charge on any atom is 0.107 e. The number of hydrogen-bond donors (Lipinski definition) is 0. The number of aromatic nitrogens is 3. The minimum absolute atomic E-state index is 0.115. The first-order valence-electron chi connectivity index (χ1n) is 39.2. The van der Waals surface area contributed by atoms with Crippen LogP contribution in [0.5, 0.6) is 0 Å². The van der Waals surface area contributed by atoms with Crippen molar-refractivity contribution in [3.05, 3.63) is 366 Å². The molecule has 0 bridgehead atoms. The Bertz CT molecular complexity index is 5050. The van der Waals surface area contributed by atoms with Gasteiger partial charge in [-0.2, -0.15) is 0 Å². The van der Waals surface area contributed by atoms with Gasteiger partial charge in [-0.05, 0) is 193 Å². The predicted octanol–water partition coefficient (Wildman–Crippen LogP) is 25.2. The SMILES string of the molecule is Cc1cccc(C)c1N1C=CN(c2c(C)ccnc2C)[C@@H]1C.Cc1ccccc1N1C=CN(c2c(-c3ccccc3)cccc2-c2ccccc2)[C@H]1C.Cc1ccnc(C)c1N1C=CN(c2c(-c3ccccc3)cccc2-c2ccccc2)[C@H]1C.Cc1ccnc(C)c1N1C=CN(c2c(C(C)C)cccc2C(C)C)[C@H]1C. The van der Waals surface area contributed by atoms with Gasteiger partial charge < -0.3 is 39.2 Å². The Morgan fingerprint density at radius 3 is 0.784 bits per heavy atom. The van der Waals surface area contributed by atoms with Gasteiger partial charge in [-0.1, -0.05) is 240 Å². The van der Waals surface area contributed by atoms with Gasteiger partial charge in [0.05, 0.1) is 45.5 Å². The molecule has 11 nitrogen and oxygen atoms in total. The lowest BCUT2D eigenvalue weighted by Crippen LogP contribution is -2.37. The molecular formula is C100H107N11. The van der Waals surface area contributed by atoms with E-state index in [0.29, 0.717) is 11.8 Å². The molecule has 4 atom stereocenters. The topological polar surface area (TPSA) is 64.6 Å². The van der Waals surface area contributed by atoms with E-state index in [0.717, 1.165) is 17.1 Å². The van der Waals surface area contributed by atoms with Crippen LogP contribution < -0.4 is 39.2 Å². The van der Waals surface area contributed by atoms with E-state index in [9.17, 15) is 0 Å². The molecule has 0 amide bonds. The summed E-state index contributed by atoms with van der Waals surface area (Å²) in [5.41, 5.74) is 33.4. The van der Waals surface area contributed by atoms with Gasteiger partial charge in [0.25, 0.3) is 0 Å². The van der Waals surface area contributed by atoms with Crippen molar-refractivity contribution in [1.29, 1.82) is 0 Å². The fourth-order valence-electron chi connectivity index (χ4n) is 16.4. The zero-order chi connectivity index (χ0) is 78.1. The molecule has 0 unspecified atom stereocenters. The van der Waals surface area contributed by atoms with Crippen molar-refractivity contribution in [2.45, 2.75) is 154 Å². The fourth-order valence-corrected chi connectivity index (χ4v) is 16.4. The molecule has 4 aliphatic rings. The third-order valence-corrected chi connectivity index (χ3v) is 22.1. The van der Waals surface area contributed by atoms with Crippen LogP contribution in [0.3, 0.4) is 0 Å². The standard InChI is InChI=1S/C29H27N3.C29H26N2.C23H31N3.C19H23N3/c1-21-17-18-30-22(2)28(21)31-19-20-32(23(31)3)29-26(24-11-6-4-7-12-24)15-10-16-27(29)25-13-8-5-9-14-25;1-22-12-9-10-19-28(22)30-20-21-31(23(30)2)29-26(24-13-5-3-6-14-24)17-11-18-27(29)25-15-7-4-8-16-25;1-15(2)20-9-8-10-21(16(3)4)23(20)26-14-13-25(19(26)7)22-17(5)11-12-24-18(22)6;1-13-7-6-8-14(2)18(13)21-11-12-22(17(21)5)19-15(3)9-10-20-16(19)4/h4-20,23H,1-3H3;3-21,23H,1-2H3;8-16,19H,1-7H3;6-12,17H,1-5H3/t2*23-;19-;17-/m0001/s1. The van der Waals surface area contributed by atoms with Crippen LogP contribution in [0.25, 0.3) is 44.5 Å². The van der Waals surface area contributed by atoms with Gasteiger partial charge in [0.2, 0.25) is 0 Å². The van der Waals surface area contributed by atoms with Crippen LogP contribution in [0.2, 0.25) is 0 Å². The molecule has 11 heteroatoms. The van der Waals surface area contributed by atoms with E-state index >= 15 is 0 Å². The third kappa shape index (κ3) is 16.0. The van der Waals surface area contributed by atoms with Crippen LogP contribution >= 0.6 is 0 Å². The molecule has 3 aromatic heterocycles. The Morgan fingerprint density at radius 1 is 0.225 bits per heavy atom. The number of aryl methyl sites for hydroxylation is 9. The van der Waals surface area contributed by atoms with Crippen molar-refractivity contribution >= 4 is 45.5 Å². The molecule has 7 heterocycles. The molecule has 4 aliphatic heterocycles. The molecule has 16 rings (SSSR count). The molecule has 0 fully saturated rings. The number of nitrogens with zero attached hydrogens (tertiary/aromatic N) is 11. The van der Waals surface area contributed by atoms with Crippen LogP contribution in [0.4, 0.5) is 45.5 Å². The zero-order valence-corrected chi connectivity index (χ0v) is 67.8. The van der Waals surface area contributed by atoms with Crippen molar-refractivity contribution < 1.29 is 0 Å². The molecule has 12 aromatic rings. The number of anilines is 8. The summed E-state index contributed by atoms with van der Waals surface area (Å²) in [6.07, 6.45) is 23.9. The van der Waals surface area contributed by atoms with E-state index in [4.69, 9.17) is 0 Å². The monoisotopic (exact) mass is 1460 g/mol. The van der Waals surface area contributed by atoms with Crippen LogP contribution in [-0.2, 0) is 0 Å². The van der Waals surface area contributed by atoms with Gasteiger partial charge in [-0.15, -0.1) is 0 Å². The first-order valence-corrected chi connectivity index (χ1v) is 39.2. The van der Waals surface area contributed by atoms with Crippen molar-refractivity contribution in [2.24, 2.45) is 0 Å². The summed E-state index contributed by atoms with van der Waals surface area (Å²) in [6.45, 7) is 37.4. The van der Waals surface area contributed by atoms with E-state index < -0.39 is 0 Å². The second-order valence-electron chi connectivity index (χ2n) is 30.2. The second-order valence-corrected chi connectivity index (χ2v) is 30.2. The van der Waals surface area contributed by atoms with E-state index in [1.54, 1.807) is 0 Å². The minimum Gasteiger partial charge on any atom is -0.325 e. The van der Waals surface area contributed by atoms with Crippen LogP contribution in [-0.4, -0.2) is 39.6 Å². The minimum atomic E-state index is 0.115. The summed E-state index contributed by atoms with van der Waals surface area (Å²) in [7, 11) is 0. The maximum atomic E-state index is 4.55. The fraction of sp³-hybridized carbons (Fsp3) is 0.230. The number of para-hydroxylation sites is 5. The summed E-state index contributed by atoms with van der Waals surface area (Å²) in [4.78, 5) is 32.4. The molecule has 111 heavy (non-hydrogen) atoms. The molecule has 562 valence electrons. The van der Waals surface area contributed by atoms with Crippen molar-refractivity contribution in [2.75, 3.05) is 39.2 Å². The number of pyridine rings is 3. The molecule has 0 saturated heterocycles. The summed E-state index contributed by atoms with van der Waals surface area (Å²) >= 11 is 0. The lowest BCUT2D eigenvalue weighted by atomic mass is 9.92. The maximum absolute atomic E-state index is 4.55. The lowest BCUT2D eigenvalue weighted by Gasteiger charge is -2.34. The van der Waals surface area contributed by atoms with Crippen molar-refractivity contribution in [3.8, 4) is 44.5 Å². The Morgan fingerprint density at radius 2 is 0.468 bits per heavy atom. The highest BCUT2D eigenvalue weighted by Crippen LogP contribution is 2.47. The molecule has 0 spiro atoms. The number of benzene rings is 9. The predicted molar refractivity (Wildman–Crippen MR) is 472 cm³/mol. The van der Waals surface area contributed by atoms with Gasteiger partial charge in [0.15, 0.2) is 0 Å². The van der Waals surface area contributed by atoms with Crippen LogP contribution in [0, 0.1) is 62.3 Å². The van der Waals surface area contributed by atoms with Gasteiger partial charge in [0, 0.05) is 108 Å². The summed E-state index contributed by atoms with van der Waals surface area (Å²) in [5, 5.41) is 0. The highest BCUT2D eigenvalue weighted by molar-refractivity contribution is 5.94. The quantitative estimate of drug-likeness (QED) is 0.105. The molecular weight excluding hydrogens is 1360 g/mol. The van der Waals surface area contributed by atoms with E-state index in [-0.39, 0.29) is 24.7 Å². The molecule has 0 aliphatic carbocycles. The zero-order valence-electron chi connectivity index (χ0n) is 67.8. The van der Waals surface area contributed by atoms with E-state index in [1.165, 1.54) is 135 Å². The third-order valence-electron chi connectivity index (χ3n) is 22.1. The first-order chi connectivity index (χ1) is 53.7. The van der Waals surface area contributed by atoms with Gasteiger partial charge in [0.1, 0.15) is 24.7 Å². The largest absolute Gasteiger partial charge is 0.325 e. The van der Waals surface area contributed by atoms with Gasteiger partial charge >= 0.3 is 0 Å². The highest BCUT2D eigenvalue weighted by Gasteiger charge is 2.35. The number of rotatable bonds is 14. The van der Waals surface area contributed by atoms with Crippen LogP contribution in [0.1, 0.15) is 129 Å². The lowest BCUT2D eigenvalue weighted by molar-refractivity contribution is 0.724. The first kappa shape index (κ1) is 77.0. The molecule has 0 radical (unpaired) electrons.